The van der Waals surface area contributed by atoms with Gasteiger partial charge in [-0.1, -0.05) is 30.3 Å². The number of nitrogens with one attached hydrogen (secondary N) is 2. The Kier molecular flexibility index (Phi) is 7.20. The van der Waals surface area contributed by atoms with Crippen LogP contribution in [0.25, 0.3) is 11.0 Å². The second kappa shape index (κ2) is 10.9. The Hall–Kier alpha value is -4.14. The number of ether oxygens (including phenoxy) is 1. The van der Waals surface area contributed by atoms with Crippen molar-refractivity contribution in [2.45, 2.75) is 6.42 Å². The highest BCUT2D eigenvalue weighted by atomic mass is 16.5. The number of benzene rings is 3. The van der Waals surface area contributed by atoms with E-state index >= 15 is 0 Å². The molecular weight excluding hydrogens is 468 g/mol. The number of furan rings is 1. The maximum atomic E-state index is 12.6. The Morgan fingerprint density at radius 1 is 1.11 bits per heavy atom. The molecule has 0 aliphatic carbocycles. The summed E-state index contributed by atoms with van der Waals surface area (Å²) >= 11 is 0. The number of amides is 2. The zero-order chi connectivity index (χ0) is 25.7. The predicted octanol–water partition coefficient (Wildman–Crippen LogP) is 4.42. The standard InChI is InChI=1S/C29H30N4O4/c30-25-6-2-3-7-26(25)32-29(35)22-9-11-24(12-10-22)36-16-15-33(20-34,19-21-13-14-31-18-21)28-17-23-5-1-4-8-27(23)37-28/h1-12,17,20-21,31H,13-16,18-19,30H2/p+1. The topological polar surface area (TPSA) is 107 Å². The number of carbonyl (C=O) groups excluding carboxylic acids is 2. The first-order chi connectivity index (χ1) is 18.1. The molecule has 1 aliphatic heterocycles. The number of carbonyl (C=O) groups is 2. The number of hydrogen-bond donors (Lipinski definition) is 3. The zero-order valence-corrected chi connectivity index (χ0v) is 20.6. The minimum absolute atomic E-state index is 0.0556. The van der Waals surface area contributed by atoms with E-state index in [1.807, 2.05) is 42.5 Å². The van der Waals surface area contributed by atoms with Gasteiger partial charge in [0.05, 0.1) is 24.0 Å². The Balaban J connectivity index is 1.27. The molecule has 0 radical (unpaired) electrons. The van der Waals surface area contributed by atoms with Crippen molar-refractivity contribution in [1.29, 1.82) is 0 Å². The summed E-state index contributed by atoms with van der Waals surface area (Å²) in [4.78, 5) is 25.2. The summed E-state index contributed by atoms with van der Waals surface area (Å²) in [6.07, 6.45) is 2.00. The lowest BCUT2D eigenvalue weighted by Gasteiger charge is -2.30. The van der Waals surface area contributed by atoms with Crippen LogP contribution in [-0.2, 0) is 4.79 Å². The van der Waals surface area contributed by atoms with Crippen molar-refractivity contribution in [3.8, 4) is 5.75 Å². The lowest BCUT2D eigenvalue weighted by atomic mass is 10.1. The van der Waals surface area contributed by atoms with Crippen LogP contribution in [0.15, 0.2) is 83.3 Å². The van der Waals surface area contributed by atoms with Crippen LogP contribution in [0, 0.1) is 5.92 Å². The molecule has 0 bridgehead atoms. The summed E-state index contributed by atoms with van der Waals surface area (Å²) in [5.41, 5.74) is 8.24. The third-order valence-corrected chi connectivity index (χ3v) is 6.88. The van der Waals surface area contributed by atoms with E-state index in [-0.39, 0.29) is 10.4 Å². The Labute approximate surface area is 215 Å². The molecule has 1 saturated heterocycles. The summed E-state index contributed by atoms with van der Waals surface area (Å²) in [6, 6.07) is 23.8. The molecular formula is C29H31N4O4+. The lowest BCUT2D eigenvalue weighted by Crippen LogP contribution is -2.53. The number of anilines is 2. The van der Waals surface area contributed by atoms with Crippen LogP contribution in [0.1, 0.15) is 16.8 Å². The first-order valence-electron chi connectivity index (χ1n) is 12.5. The summed E-state index contributed by atoms with van der Waals surface area (Å²) in [5.74, 6) is 1.36. The van der Waals surface area contributed by atoms with Crippen LogP contribution in [0.5, 0.6) is 5.75 Å². The van der Waals surface area contributed by atoms with Crippen LogP contribution < -0.4 is 25.6 Å². The van der Waals surface area contributed by atoms with E-state index in [1.54, 1.807) is 36.4 Å². The quantitative estimate of drug-likeness (QED) is 0.169. The van der Waals surface area contributed by atoms with E-state index in [1.165, 1.54) is 0 Å². The van der Waals surface area contributed by atoms with E-state index in [0.717, 1.165) is 36.9 Å². The highest BCUT2D eigenvalue weighted by molar-refractivity contribution is 6.05. The molecule has 1 aliphatic rings. The van der Waals surface area contributed by atoms with Crippen molar-refractivity contribution in [2.75, 3.05) is 43.8 Å². The summed E-state index contributed by atoms with van der Waals surface area (Å²) < 4.78 is 12.2. The molecule has 2 unspecified atom stereocenters. The monoisotopic (exact) mass is 499 g/mol. The van der Waals surface area contributed by atoms with E-state index in [2.05, 4.69) is 10.6 Å². The normalized spacial score (nSPS) is 16.8. The lowest BCUT2D eigenvalue weighted by molar-refractivity contribution is -0.119. The van der Waals surface area contributed by atoms with E-state index in [9.17, 15) is 9.59 Å². The van der Waals surface area contributed by atoms with E-state index in [0.29, 0.717) is 54.2 Å². The molecule has 3 aromatic carbocycles. The van der Waals surface area contributed by atoms with Gasteiger partial charge < -0.3 is 25.5 Å². The maximum absolute atomic E-state index is 12.6. The smallest absolute Gasteiger partial charge is 0.309 e. The molecule has 37 heavy (non-hydrogen) atoms. The highest BCUT2D eigenvalue weighted by Crippen LogP contribution is 2.32. The van der Waals surface area contributed by atoms with Crippen LogP contribution in [0.2, 0.25) is 0 Å². The molecule has 8 heteroatoms. The highest BCUT2D eigenvalue weighted by Gasteiger charge is 2.38. The van der Waals surface area contributed by atoms with Gasteiger partial charge in [-0.25, -0.2) is 4.79 Å². The minimum atomic E-state index is -0.254. The summed E-state index contributed by atoms with van der Waals surface area (Å²) in [7, 11) is 0. The fourth-order valence-electron chi connectivity index (χ4n) is 4.79. The Morgan fingerprint density at radius 3 is 2.62 bits per heavy atom. The van der Waals surface area contributed by atoms with Gasteiger partial charge in [0.2, 0.25) is 0 Å². The molecule has 0 spiro atoms. The molecule has 2 atom stereocenters. The first-order valence-corrected chi connectivity index (χ1v) is 12.5. The number of nitrogens with two attached hydrogens (primary N) is 1. The van der Waals surface area contributed by atoms with Gasteiger partial charge >= 0.3 is 12.3 Å². The van der Waals surface area contributed by atoms with Crippen LogP contribution in [0.3, 0.4) is 0 Å². The number of nitrogens with zero attached hydrogens (tertiary/aromatic N) is 1. The zero-order valence-electron chi connectivity index (χ0n) is 20.6. The Morgan fingerprint density at radius 2 is 1.89 bits per heavy atom. The third kappa shape index (κ3) is 5.50. The number of fused-ring (bicyclic) bond motifs is 1. The molecule has 1 fully saturated rings. The minimum Gasteiger partial charge on any atom is -0.488 e. The first kappa shape index (κ1) is 24.5. The van der Waals surface area contributed by atoms with Crippen molar-refractivity contribution >= 4 is 40.5 Å². The van der Waals surface area contributed by atoms with Crippen molar-refractivity contribution in [3.63, 3.8) is 0 Å². The van der Waals surface area contributed by atoms with Gasteiger partial charge in [0.1, 0.15) is 24.5 Å². The number of hydrogen-bond acceptors (Lipinski definition) is 6. The fraction of sp³-hybridized carbons (Fsp3) is 0.241. The van der Waals surface area contributed by atoms with Crippen LogP contribution in [-0.4, -0.2) is 45.1 Å². The second-order valence-electron chi connectivity index (χ2n) is 9.44. The summed E-state index contributed by atoms with van der Waals surface area (Å²) in [5, 5.41) is 7.17. The fourth-order valence-corrected chi connectivity index (χ4v) is 4.79. The number of nitrogen functional groups attached to an aromatic ring is 1. The van der Waals surface area contributed by atoms with Gasteiger partial charge in [-0.15, -0.1) is 0 Å². The number of rotatable bonds is 10. The molecule has 8 nitrogen and oxygen atoms in total. The van der Waals surface area contributed by atoms with Gasteiger partial charge in [-0.05, 0) is 55.4 Å². The predicted molar refractivity (Wildman–Crippen MR) is 146 cm³/mol. The SMILES string of the molecule is Nc1ccccc1NC(=O)c1ccc(OCC[N+](C=O)(CC2CCNC2)c2cc3ccccc3o2)cc1. The van der Waals surface area contributed by atoms with Crippen LogP contribution in [0.4, 0.5) is 17.3 Å². The molecule has 0 saturated carbocycles. The van der Waals surface area contributed by atoms with Gasteiger partial charge in [0.25, 0.3) is 5.91 Å². The van der Waals surface area contributed by atoms with Gasteiger partial charge in [0.15, 0.2) is 0 Å². The van der Waals surface area contributed by atoms with E-state index < -0.39 is 0 Å². The Bertz CT molecular complexity index is 1350. The molecule has 2 amide bonds. The average molecular weight is 500 g/mol. The average Bonchev–Trinajstić information content (AvgIpc) is 3.60. The molecule has 1 aromatic heterocycles. The maximum Gasteiger partial charge on any atom is 0.309 e. The molecule has 4 N–H and O–H groups in total. The largest absolute Gasteiger partial charge is 0.488 e. The summed E-state index contributed by atoms with van der Waals surface area (Å²) in [6.45, 7) is 3.21. The van der Waals surface area contributed by atoms with Crippen molar-refractivity contribution < 1.29 is 18.7 Å². The van der Waals surface area contributed by atoms with Crippen LogP contribution >= 0.6 is 0 Å². The number of para-hydroxylation sites is 3. The molecule has 190 valence electrons. The van der Waals surface area contributed by atoms with Gasteiger partial charge in [0, 0.05) is 23.4 Å². The molecule has 2 heterocycles. The van der Waals surface area contributed by atoms with E-state index in [4.69, 9.17) is 14.9 Å². The molecule has 4 aromatic rings. The number of quaternary nitrogens is 1. The molecule has 5 rings (SSSR count). The second-order valence-corrected chi connectivity index (χ2v) is 9.44. The van der Waals surface area contributed by atoms with Gasteiger partial charge in [-0.3, -0.25) is 4.79 Å². The van der Waals surface area contributed by atoms with Crippen molar-refractivity contribution in [3.05, 3.63) is 84.4 Å². The van der Waals surface area contributed by atoms with Gasteiger partial charge in [-0.2, -0.15) is 4.48 Å². The third-order valence-electron chi connectivity index (χ3n) is 6.88. The van der Waals surface area contributed by atoms with Crippen molar-refractivity contribution in [1.82, 2.24) is 9.80 Å². The van der Waals surface area contributed by atoms with Crippen molar-refractivity contribution in [2.24, 2.45) is 5.92 Å².